The summed E-state index contributed by atoms with van der Waals surface area (Å²) in [7, 11) is 0. The van der Waals surface area contributed by atoms with Gasteiger partial charge in [0, 0.05) is 6.04 Å². The Morgan fingerprint density at radius 2 is 1.80 bits per heavy atom. The molecule has 0 spiro atoms. The van der Waals surface area contributed by atoms with Crippen molar-refractivity contribution in [2.75, 3.05) is 0 Å². The monoisotopic (exact) mass is 430 g/mol. The topological polar surface area (TPSA) is 122 Å². The molecule has 5 N–H and O–H groups in total. The molecule has 30 heavy (non-hydrogen) atoms. The average molecular weight is 430 g/mol. The first-order valence-electron chi connectivity index (χ1n) is 8.53. The molecule has 0 fully saturated rings. The number of benzene rings is 2. The third kappa shape index (κ3) is 6.71. The highest BCUT2D eigenvalue weighted by atomic mass is 19.4. The first-order chi connectivity index (χ1) is 14.0. The standard InChI is InChI=1S/C19H18F4N2O5/c20-12-5-1-3-10(7-12)8-14(24)16(26)17(27)25-15(18(28)29)11-4-2-6-13(9-11)30-19(21,22)23/h1-7,9,14-16,26H,8,24H2,(H,25,27)(H,28,29)/t14-,15-,16+/m1/s1. The van der Waals surface area contributed by atoms with Crippen molar-refractivity contribution < 1.29 is 42.1 Å². The van der Waals surface area contributed by atoms with Crippen molar-refractivity contribution in [3.63, 3.8) is 0 Å². The third-order valence-electron chi connectivity index (χ3n) is 3.99. The number of alkyl halides is 3. The lowest BCUT2D eigenvalue weighted by molar-refractivity contribution is -0.274. The zero-order valence-corrected chi connectivity index (χ0v) is 15.3. The number of halogens is 4. The number of nitrogens with one attached hydrogen (secondary N) is 1. The number of carboxylic acid groups (broad SMARTS) is 1. The molecule has 0 bridgehead atoms. The predicted molar refractivity (Wildman–Crippen MR) is 95.7 cm³/mol. The Balaban J connectivity index is 2.11. The van der Waals surface area contributed by atoms with Crippen LogP contribution in [0.3, 0.4) is 0 Å². The smallest absolute Gasteiger partial charge is 0.479 e. The third-order valence-corrected chi connectivity index (χ3v) is 3.99. The van der Waals surface area contributed by atoms with Crippen LogP contribution in [-0.4, -0.2) is 40.6 Å². The molecule has 0 unspecified atom stereocenters. The Labute approximate surface area is 168 Å². The minimum atomic E-state index is -4.99. The maximum absolute atomic E-state index is 13.2. The lowest BCUT2D eigenvalue weighted by Gasteiger charge is -2.22. The second-order valence-corrected chi connectivity index (χ2v) is 6.34. The summed E-state index contributed by atoms with van der Waals surface area (Å²) in [6, 6.07) is 6.38. The number of carbonyl (C=O) groups is 2. The summed E-state index contributed by atoms with van der Waals surface area (Å²) in [5.74, 6) is -3.96. The van der Waals surface area contributed by atoms with E-state index in [2.05, 4.69) is 4.74 Å². The van der Waals surface area contributed by atoms with Gasteiger partial charge in [-0.05, 0) is 41.8 Å². The molecule has 2 rings (SSSR count). The van der Waals surface area contributed by atoms with Crippen LogP contribution in [0.25, 0.3) is 0 Å². The molecular formula is C19H18F4N2O5. The zero-order valence-electron chi connectivity index (χ0n) is 15.3. The fourth-order valence-electron chi connectivity index (χ4n) is 2.65. The molecule has 0 saturated heterocycles. The normalized spacial score (nSPS) is 14.5. The maximum Gasteiger partial charge on any atom is 0.573 e. The van der Waals surface area contributed by atoms with Crippen LogP contribution in [0.15, 0.2) is 48.5 Å². The number of amides is 1. The van der Waals surface area contributed by atoms with Gasteiger partial charge in [0.15, 0.2) is 6.04 Å². The molecule has 2 aromatic rings. The van der Waals surface area contributed by atoms with Crippen LogP contribution in [-0.2, 0) is 16.0 Å². The van der Waals surface area contributed by atoms with Gasteiger partial charge in [0.25, 0.3) is 5.91 Å². The van der Waals surface area contributed by atoms with Crippen LogP contribution in [0.5, 0.6) is 5.75 Å². The molecule has 0 radical (unpaired) electrons. The van der Waals surface area contributed by atoms with Crippen molar-refractivity contribution >= 4 is 11.9 Å². The van der Waals surface area contributed by atoms with E-state index < -0.39 is 48.0 Å². The van der Waals surface area contributed by atoms with Gasteiger partial charge in [-0.25, -0.2) is 9.18 Å². The number of hydrogen-bond acceptors (Lipinski definition) is 5. The van der Waals surface area contributed by atoms with Crippen molar-refractivity contribution in [1.82, 2.24) is 5.32 Å². The minimum absolute atomic E-state index is 0.0843. The number of nitrogens with two attached hydrogens (primary N) is 1. The molecule has 0 aliphatic carbocycles. The van der Waals surface area contributed by atoms with E-state index in [4.69, 9.17) is 5.73 Å². The largest absolute Gasteiger partial charge is 0.573 e. The maximum atomic E-state index is 13.2. The summed E-state index contributed by atoms with van der Waals surface area (Å²) in [4.78, 5) is 23.8. The molecule has 1 amide bonds. The van der Waals surface area contributed by atoms with E-state index in [1.807, 2.05) is 5.32 Å². The highest BCUT2D eigenvalue weighted by Gasteiger charge is 2.32. The summed E-state index contributed by atoms with van der Waals surface area (Å²) in [5.41, 5.74) is 5.94. The van der Waals surface area contributed by atoms with Crippen molar-refractivity contribution in [1.29, 1.82) is 0 Å². The van der Waals surface area contributed by atoms with E-state index in [0.717, 1.165) is 24.3 Å². The van der Waals surface area contributed by atoms with E-state index >= 15 is 0 Å². The molecule has 7 nitrogen and oxygen atoms in total. The van der Waals surface area contributed by atoms with Crippen molar-refractivity contribution in [3.8, 4) is 5.75 Å². The Morgan fingerprint density at radius 1 is 1.13 bits per heavy atom. The summed E-state index contributed by atoms with van der Waals surface area (Å²) >= 11 is 0. The van der Waals surface area contributed by atoms with Gasteiger partial charge in [0.05, 0.1) is 0 Å². The number of carboxylic acids is 1. The summed E-state index contributed by atoms with van der Waals surface area (Å²) in [6.07, 6.45) is -6.93. The molecule has 0 aliphatic heterocycles. The number of aliphatic hydroxyl groups is 1. The summed E-state index contributed by atoms with van der Waals surface area (Å²) in [6.45, 7) is 0. The fourth-order valence-corrected chi connectivity index (χ4v) is 2.65. The lowest BCUT2D eigenvalue weighted by atomic mass is 10.0. The van der Waals surface area contributed by atoms with Gasteiger partial charge in [-0.3, -0.25) is 4.79 Å². The molecule has 0 heterocycles. The molecule has 162 valence electrons. The van der Waals surface area contributed by atoms with Gasteiger partial charge in [0.2, 0.25) is 0 Å². The number of hydrogen-bond donors (Lipinski definition) is 4. The Kier molecular flexibility index (Phi) is 7.35. The van der Waals surface area contributed by atoms with Crippen molar-refractivity contribution in [3.05, 3.63) is 65.5 Å². The summed E-state index contributed by atoms with van der Waals surface area (Å²) < 4.78 is 54.1. The molecule has 3 atom stereocenters. The Hall–Kier alpha value is -3.18. The Bertz CT molecular complexity index is 906. The van der Waals surface area contributed by atoms with Crippen LogP contribution >= 0.6 is 0 Å². The van der Waals surface area contributed by atoms with E-state index in [0.29, 0.717) is 5.56 Å². The molecule has 0 aromatic heterocycles. The first kappa shape index (κ1) is 23.1. The van der Waals surface area contributed by atoms with Gasteiger partial charge < -0.3 is 26.0 Å². The Morgan fingerprint density at radius 3 is 2.40 bits per heavy atom. The molecule has 0 aliphatic rings. The van der Waals surface area contributed by atoms with Crippen molar-refractivity contribution in [2.24, 2.45) is 5.73 Å². The van der Waals surface area contributed by atoms with Crippen molar-refractivity contribution in [2.45, 2.75) is 31.0 Å². The SMILES string of the molecule is N[C@H](Cc1cccc(F)c1)[C@H](O)C(=O)N[C@@H](C(=O)O)c1cccc(OC(F)(F)F)c1. The van der Waals surface area contributed by atoms with Gasteiger partial charge in [-0.2, -0.15) is 0 Å². The second-order valence-electron chi connectivity index (χ2n) is 6.34. The van der Waals surface area contributed by atoms with Gasteiger partial charge in [-0.1, -0.05) is 24.3 Å². The van der Waals surface area contributed by atoms with Gasteiger partial charge in [-0.15, -0.1) is 13.2 Å². The molecule has 2 aromatic carbocycles. The van der Waals surface area contributed by atoms with E-state index in [9.17, 15) is 37.4 Å². The highest BCUT2D eigenvalue weighted by Crippen LogP contribution is 2.26. The van der Waals surface area contributed by atoms with Crippen LogP contribution in [0.2, 0.25) is 0 Å². The van der Waals surface area contributed by atoms with Crippen LogP contribution in [0.4, 0.5) is 17.6 Å². The molecule has 0 saturated carbocycles. The minimum Gasteiger partial charge on any atom is -0.479 e. The highest BCUT2D eigenvalue weighted by molar-refractivity contribution is 5.87. The van der Waals surface area contributed by atoms with Gasteiger partial charge in [0.1, 0.15) is 17.7 Å². The second kappa shape index (κ2) is 9.55. The van der Waals surface area contributed by atoms with Gasteiger partial charge >= 0.3 is 12.3 Å². The zero-order chi connectivity index (χ0) is 22.5. The van der Waals surface area contributed by atoms with Crippen LogP contribution < -0.4 is 15.8 Å². The number of aliphatic carboxylic acids is 1. The van der Waals surface area contributed by atoms with E-state index in [1.54, 1.807) is 0 Å². The van der Waals surface area contributed by atoms with Crippen LogP contribution in [0, 0.1) is 5.82 Å². The molecule has 11 heteroatoms. The van der Waals surface area contributed by atoms with E-state index in [1.165, 1.54) is 24.3 Å². The first-order valence-corrected chi connectivity index (χ1v) is 8.53. The number of aliphatic hydroxyl groups excluding tert-OH is 1. The quantitative estimate of drug-likeness (QED) is 0.475. The van der Waals surface area contributed by atoms with E-state index in [-0.39, 0.29) is 12.0 Å². The van der Waals surface area contributed by atoms with Crippen LogP contribution in [0.1, 0.15) is 17.2 Å². The number of rotatable bonds is 8. The fraction of sp³-hybridized carbons (Fsp3) is 0.263. The summed E-state index contributed by atoms with van der Waals surface area (Å²) in [5, 5.41) is 21.5. The molecular weight excluding hydrogens is 412 g/mol. The average Bonchev–Trinajstić information content (AvgIpc) is 2.63. The lowest BCUT2D eigenvalue weighted by Crippen LogP contribution is -2.49. The number of carbonyl (C=O) groups excluding carboxylic acids is 1. The number of ether oxygens (including phenoxy) is 1. The predicted octanol–water partition coefficient (Wildman–Crippen LogP) is 1.90.